The van der Waals surface area contributed by atoms with E-state index in [0.717, 1.165) is 39.1 Å². The van der Waals surface area contributed by atoms with Crippen LogP contribution in [0, 0.1) is 4.77 Å². The second kappa shape index (κ2) is 4.88. The second-order valence-electron chi connectivity index (χ2n) is 4.37. The molecule has 0 atom stereocenters. The van der Waals surface area contributed by atoms with E-state index < -0.39 is 0 Å². The van der Waals surface area contributed by atoms with Crippen LogP contribution in [0.25, 0.3) is 11.2 Å². The van der Waals surface area contributed by atoms with E-state index in [1.165, 1.54) is 4.88 Å². The molecule has 0 bridgehead atoms. The van der Waals surface area contributed by atoms with Crippen LogP contribution >= 0.6 is 39.5 Å². The predicted molar refractivity (Wildman–Crippen MR) is 84.4 cm³/mol. The minimum Gasteiger partial charge on any atom is -0.328 e. The summed E-state index contributed by atoms with van der Waals surface area (Å²) in [4.78, 5) is 4.55. The van der Waals surface area contributed by atoms with Crippen LogP contribution in [0.3, 0.4) is 0 Å². The lowest BCUT2D eigenvalue weighted by molar-refractivity contribution is 0.712. The number of halogens is 1. The van der Waals surface area contributed by atoms with Gasteiger partial charge in [-0.2, -0.15) is 5.10 Å². The number of hydrogen-bond acceptors (Lipinski definition) is 3. The fraction of sp³-hybridized carbons (Fsp3) is 0.333. The Balaban J connectivity index is 2.15. The van der Waals surface area contributed by atoms with Gasteiger partial charge in [-0.15, -0.1) is 11.3 Å². The molecule has 0 saturated carbocycles. The van der Waals surface area contributed by atoms with Gasteiger partial charge in [0.25, 0.3) is 0 Å². The SMILES string of the molecule is CCc1nn(C)c2c1[nH]c(=S)n2Cc1cc(Br)cs1. The van der Waals surface area contributed by atoms with Gasteiger partial charge < -0.3 is 4.98 Å². The van der Waals surface area contributed by atoms with Crippen LogP contribution in [0.15, 0.2) is 15.9 Å². The normalized spacial score (nSPS) is 11.5. The first-order valence-corrected chi connectivity index (χ1v) is 8.05. The molecule has 1 N–H and O–H groups in total. The zero-order chi connectivity index (χ0) is 13.6. The molecule has 0 unspecified atom stereocenters. The molecule has 0 amide bonds. The molecule has 19 heavy (non-hydrogen) atoms. The summed E-state index contributed by atoms with van der Waals surface area (Å²) in [5.41, 5.74) is 3.19. The highest BCUT2D eigenvalue weighted by atomic mass is 79.9. The number of nitrogens with zero attached hydrogens (tertiary/aromatic N) is 3. The maximum atomic E-state index is 5.44. The maximum absolute atomic E-state index is 5.44. The Morgan fingerprint density at radius 1 is 1.53 bits per heavy atom. The zero-order valence-corrected chi connectivity index (χ0v) is 13.8. The van der Waals surface area contributed by atoms with Crippen molar-refractivity contribution in [3.8, 4) is 0 Å². The third-order valence-electron chi connectivity index (χ3n) is 3.09. The lowest BCUT2D eigenvalue weighted by Gasteiger charge is -2.02. The molecule has 0 spiro atoms. The number of imidazole rings is 1. The van der Waals surface area contributed by atoms with Crippen molar-refractivity contribution in [2.75, 3.05) is 0 Å². The highest BCUT2D eigenvalue weighted by molar-refractivity contribution is 9.10. The molecule has 3 rings (SSSR count). The van der Waals surface area contributed by atoms with Gasteiger partial charge in [-0.1, -0.05) is 6.92 Å². The smallest absolute Gasteiger partial charge is 0.179 e. The number of aromatic nitrogens is 4. The third-order valence-corrected chi connectivity index (χ3v) is 5.10. The van der Waals surface area contributed by atoms with Crippen LogP contribution in [0.2, 0.25) is 0 Å². The minimum atomic E-state index is 0.752. The molecule has 7 heteroatoms. The summed E-state index contributed by atoms with van der Waals surface area (Å²) in [6.07, 6.45) is 0.900. The molecule has 0 aliphatic rings. The average Bonchev–Trinajstić information content (AvgIpc) is 3.00. The van der Waals surface area contributed by atoms with Gasteiger partial charge in [0.05, 0.1) is 12.2 Å². The number of thiophene rings is 1. The number of fused-ring (bicyclic) bond motifs is 1. The number of H-pyrrole nitrogens is 1. The highest BCUT2D eigenvalue weighted by Gasteiger charge is 2.14. The minimum absolute atomic E-state index is 0.752. The fourth-order valence-electron chi connectivity index (χ4n) is 2.26. The van der Waals surface area contributed by atoms with Crippen LogP contribution in [-0.4, -0.2) is 19.3 Å². The first-order chi connectivity index (χ1) is 9.10. The number of aromatic amines is 1. The maximum Gasteiger partial charge on any atom is 0.179 e. The Bertz CT molecular complexity index is 792. The topological polar surface area (TPSA) is 38.5 Å². The van der Waals surface area contributed by atoms with Crippen LogP contribution in [0.1, 0.15) is 17.5 Å². The summed E-state index contributed by atoms with van der Waals surface area (Å²) in [5.74, 6) is 0. The molecule has 0 fully saturated rings. The van der Waals surface area contributed by atoms with Gasteiger partial charge >= 0.3 is 0 Å². The number of aryl methyl sites for hydroxylation is 2. The van der Waals surface area contributed by atoms with E-state index in [0.29, 0.717) is 0 Å². The lowest BCUT2D eigenvalue weighted by atomic mass is 10.3. The van der Waals surface area contributed by atoms with E-state index in [2.05, 4.69) is 48.9 Å². The Morgan fingerprint density at radius 2 is 2.32 bits per heavy atom. The van der Waals surface area contributed by atoms with Crippen molar-refractivity contribution in [1.29, 1.82) is 0 Å². The van der Waals surface area contributed by atoms with Gasteiger partial charge in [-0.05, 0) is 40.6 Å². The molecule has 0 radical (unpaired) electrons. The van der Waals surface area contributed by atoms with Crippen molar-refractivity contribution in [1.82, 2.24) is 19.3 Å². The van der Waals surface area contributed by atoms with Gasteiger partial charge in [0, 0.05) is 21.8 Å². The molecule has 0 aliphatic heterocycles. The van der Waals surface area contributed by atoms with Crippen molar-refractivity contribution >= 4 is 50.6 Å². The zero-order valence-electron chi connectivity index (χ0n) is 10.6. The number of nitrogens with one attached hydrogen (secondary N) is 1. The lowest BCUT2D eigenvalue weighted by Crippen LogP contribution is -2.03. The Labute approximate surface area is 128 Å². The van der Waals surface area contributed by atoms with Crippen LogP contribution < -0.4 is 0 Å². The van der Waals surface area contributed by atoms with Crippen molar-refractivity contribution < 1.29 is 0 Å². The first-order valence-electron chi connectivity index (χ1n) is 5.97. The van der Waals surface area contributed by atoms with E-state index in [1.807, 2.05) is 11.7 Å². The summed E-state index contributed by atoms with van der Waals surface area (Å²) >= 11 is 10.6. The number of rotatable bonds is 3. The molecular formula is C12H13BrN4S2. The van der Waals surface area contributed by atoms with Gasteiger partial charge in [-0.3, -0.25) is 9.25 Å². The van der Waals surface area contributed by atoms with E-state index in [9.17, 15) is 0 Å². The molecule has 3 heterocycles. The van der Waals surface area contributed by atoms with E-state index in [-0.39, 0.29) is 0 Å². The van der Waals surface area contributed by atoms with E-state index in [4.69, 9.17) is 12.2 Å². The summed E-state index contributed by atoms with van der Waals surface area (Å²) in [7, 11) is 1.96. The molecule has 0 aromatic carbocycles. The summed E-state index contributed by atoms with van der Waals surface area (Å²) in [6.45, 7) is 2.88. The molecule has 4 nitrogen and oxygen atoms in total. The van der Waals surface area contributed by atoms with Crippen molar-refractivity contribution in [2.24, 2.45) is 7.05 Å². The molecule has 3 aromatic heterocycles. The summed E-state index contributed by atoms with van der Waals surface area (Å²) < 4.78 is 5.88. The van der Waals surface area contributed by atoms with Gasteiger partial charge in [0.1, 0.15) is 5.52 Å². The van der Waals surface area contributed by atoms with Gasteiger partial charge in [0.2, 0.25) is 0 Å². The predicted octanol–water partition coefficient (Wildman–Crippen LogP) is 3.87. The second-order valence-corrected chi connectivity index (χ2v) is 6.67. The Hall–Kier alpha value is -0.920. The summed E-state index contributed by atoms with van der Waals surface area (Å²) in [5, 5.41) is 6.62. The number of hydrogen-bond donors (Lipinski definition) is 1. The standard InChI is InChI=1S/C12H13BrN4S2/c1-3-9-10-11(16(2)15-9)17(12(18)14-10)5-8-4-7(13)6-19-8/h4,6H,3,5H2,1-2H3,(H,14,18). The van der Waals surface area contributed by atoms with Gasteiger partial charge in [-0.25, -0.2) is 0 Å². The molecular weight excluding hydrogens is 344 g/mol. The molecule has 0 saturated heterocycles. The Morgan fingerprint density at radius 3 is 2.95 bits per heavy atom. The van der Waals surface area contributed by atoms with Crippen molar-refractivity contribution in [2.45, 2.75) is 19.9 Å². The van der Waals surface area contributed by atoms with Crippen LogP contribution in [0.5, 0.6) is 0 Å². The largest absolute Gasteiger partial charge is 0.328 e. The van der Waals surface area contributed by atoms with Crippen molar-refractivity contribution in [3.63, 3.8) is 0 Å². The quantitative estimate of drug-likeness (QED) is 0.723. The fourth-order valence-corrected chi connectivity index (χ4v) is 3.96. The van der Waals surface area contributed by atoms with Crippen LogP contribution in [-0.2, 0) is 20.0 Å². The Kier molecular flexibility index (Phi) is 3.36. The van der Waals surface area contributed by atoms with E-state index >= 15 is 0 Å². The van der Waals surface area contributed by atoms with E-state index in [1.54, 1.807) is 11.3 Å². The van der Waals surface area contributed by atoms with Crippen molar-refractivity contribution in [3.05, 3.63) is 31.3 Å². The molecule has 0 aliphatic carbocycles. The molecule has 100 valence electrons. The highest BCUT2D eigenvalue weighted by Crippen LogP contribution is 2.24. The average molecular weight is 357 g/mol. The first kappa shape index (κ1) is 13.1. The summed E-state index contributed by atoms with van der Waals surface area (Å²) in [6, 6.07) is 2.13. The molecule has 3 aromatic rings. The monoisotopic (exact) mass is 356 g/mol. The van der Waals surface area contributed by atoms with Gasteiger partial charge in [0.15, 0.2) is 10.4 Å². The third kappa shape index (κ3) is 2.19. The van der Waals surface area contributed by atoms with Crippen LogP contribution in [0.4, 0.5) is 0 Å².